The number of rotatable bonds is 3. The molecule has 0 bridgehead atoms. The van der Waals surface area contributed by atoms with Gasteiger partial charge in [-0.1, -0.05) is 6.07 Å². The predicted octanol–water partition coefficient (Wildman–Crippen LogP) is 0.509. The fraction of sp³-hybridized carbons (Fsp3) is 0.467. The first-order valence-electron chi connectivity index (χ1n) is 7.73. The number of aromatic nitrogens is 4. The summed E-state index contributed by atoms with van der Waals surface area (Å²) >= 11 is 0. The molecule has 1 aliphatic heterocycles. The summed E-state index contributed by atoms with van der Waals surface area (Å²) in [6.07, 6.45) is 5.82. The molecule has 1 saturated heterocycles. The molecule has 23 heavy (non-hydrogen) atoms. The van der Waals surface area contributed by atoms with Gasteiger partial charge < -0.3 is 15.1 Å². The van der Waals surface area contributed by atoms with Crippen LogP contribution in [0.15, 0.2) is 31.0 Å². The summed E-state index contributed by atoms with van der Waals surface area (Å²) in [6, 6.07) is 3.78. The molecule has 0 aliphatic carbocycles. The molecule has 3 rings (SSSR count). The van der Waals surface area contributed by atoms with Crippen LogP contribution in [0, 0.1) is 0 Å². The van der Waals surface area contributed by atoms with Crippen LogP contribution in [0.2, 0.25) is 0 Å². The van der Waals surface area contributed by atoms with Crippen molar-refractivity contribution in [3.05, 3.63) is 36.5 Å². The molecule has 8 nitrogen and oxygen atoms in total. The average Bonchev–Trinajstić information content (AvgIpc) is 3.02. The van der Waals surface area contributed by atoms with E-state index in [1.165, 1.54) is 6.33 Å². The Bertz CT molecular complexity index is 626. The summed E-state index contributed by atoms with van der Waals surface area (Å²) in [5.41, 5.74) is 0.953. The summed E-state index contributed by atoms with van der Waals surface area (Å²) in [5, 5.41) is 6.99. The molecule has 122 valence electrons. The Labute approximate surface area is 135 Å². The molecule has 1 aliphatic rings. The normalized spacial score (nSPS) is 16.1. The first-order valence-corrected chi connectivity index (χ1v) is 7.73. The fourth-order valence-electron chi connectivity index (χ4n) is 2.52. The summed E-state index contributed by atoms with van der Waals surface area (Å²) < 4.78 is 1.59. The van der Waals surface area contributed by atoms with Gasteiger partial charge >= 0.3 is 6.03 Å². The summed E-state index contributed by atoms with van der Waals surface area (Å²) in [4.78, 5) is 24.6. The lowest BCUT2D eigenvalue weighted by atomic mass is 10.3. The standard InChI is InChI=1S/C15H21N7O/c1-20-5-2-6-21(8-7-20)15(23)18-10-13-3-4-14(17-9-13)22-12-16-11-19-22/h3-4,9,11-12H,2,5-8,10H2,1H3,(H,18,23). The Morgan fingerprint density at radius 2 is 2.17 bits per heavy atom. The number of hydrogen-bond acceptors (Lipinski definition) is 5. The molecule has 0 aromatic carbocycles. The number of amides is 2. The van der Waals surface area contributed by atoms with Crippen molar-refractivity contribution < 1.29 is 4.79 Å². The van der Waals surface area contributed by atoms with Crippen molar-refractivity contribution in [1.29, 1.82) is 0 Å². The highest BCUT2D eigenvalue weighted by Gasteiger charge is 2.16. The third kappa shape index (κ3) is 4.04. The minimum atomic E-state index is -0.0133. The number of carbonyl (C=O) groups excluding carboxylic acids is 1. The molecule has 2 amide bonds. The van der Waals surface area contributed by atoms with E-state index in [2.05, 4.69) is 32.3 Å². The minimum Gasteiger partial charge on any atom is -0.334 e. The monoisotopic (exact) mass is 315 g/mol. The van der Waals surface area contributed by atoms with Crippen molar-refractivity contribution in [3.8, 4) is 5.82 Å². The molecule has 0 radical (unpaired) electrons. The topological polar surface area (TPSA) is 79.2 Å². The Morgan fingerprint density at radius 3 is 2.91 bits per heavy atom. The van der Waals surface area contributed by atoms with Gasteiger partial charge in [0, 0.05) is 32.4 Å². The van der Waals surface area contributed by atoms with E-state index in [9.17, 15) is 4.79 Å². The zero-order chi connectivity index (χ0) is 16.1. The number of hydrogen-bond donors (Lipinski definition) is 1. The second-order valence-electron chi connectivity index (χ2n) is 5.67. The summed E-state index contributed by atoms with van der Waals surface area (Å²) in [6.45, 7) is 4.00. The van der Waals surface area contributed by atoms with Gasteiger partial charge in [-0.3, -0.25) is 0 Å². The Morgan fingerprint density at radius 1 is 1.26 bits per heavy atom. The highest BCUT2D eigenvalue weighted by atomic mass is 16.2. The van der Waals surface area contributed by atoms with E-state index in [0.717, 1.165) is 38.2 Å². The van der Waals surface area contributed by atoms with Crippen LogP contribution >= 0.6 is 0 Å². The first kappa shape index (κ1) is 15.4. The molecule has 1 fully saturated rings. The maximum atomic E-state index is 12.2. The number of urea groups is 1. The van der Waals surface area contributed by atoms with Gasteiger partial charge in [0.2, 0.25) is 0 Å². The van der Waals surface area contributed by atoms with Crippen LogP contribution < -0.4 is 5.32 Å². The lowest BCUT2D eigenvalue weighted by Gasteiger charge is -2.21. The quantitative estimate of drug-likeness (QED) is 0.893. The molecule has 3 heterocycles. The summed E-state index contributed by atoms with van der Waals surface area (Å²) in [7, 11) is 2.09. The second kappa shape index (κ2) is 7.19. The van der Waals surface area contributed by atoms with Crippen LogP contribution in [0.1, 0.15) is 12.0 Å². The molecule has 2 aromatic heterocycles. The van der Waals surface area contributed by atoms with E-state index < -0.39 is 0 Å². The largest absolute Gasteiger partial charge is 0.334 e. The highest BCUT2D eigenvalue weighted by Crippen LogP contribution is 2.05. The number of nitrogens with zero attached hydrogens (tertiary/aromatic N) is 6. The third-order valence-corrected chi connectivity index (χ3v) is 3.91. The van der Waals surface area contributed by atoms with E-state index in [0.29, 0.717) is 12.4 Å². The van der Waals surface area contributed by atoms with E-state index in [4.69, 9.17) is 0 Å². The minimum absolute atomic E-state index is 0.0133. The van der Waals surface area contributed by atoms with Gasteiger partial charge in [-0.05, 0) is 31.6 Å². The zero-order valence-corrected chi connectivity index (χ0v) is 13.2. The second-order valence-corrected chi connectivity index (χ2v) is 5.67. The van der Waals surface area contributed by atoms with Crippen LogP contribution in [0.25, 0.3) is 5.82 Å². The van der Waals surface area contributed by atoms with Gasteiger partial charge in [-0.25, -0.2) is 19.4 Å². The molecular weight excluding hydrogens is 294 g/mol. The summed E-state index contributed by atoms with van der Waals surface area (Å²) in [5.74, 6) is 0.702. The predicted molar refractivity (Wildman–Crippen MR) is 85.1 cm³/mol. The number of pyridine rings is 1. The van der Waals surface area contributed by atoms with Gasteiger partial charge in [0.25, 0.3) is 0 Å². The molecule has 0 saturated carbocycles. The van der Waals surface area contributed by atoms with Gasteiger partial charge in [0.15, 0.2) is 5.82 Å². The SMILES string of the molecule is CN1CCCN(C(=O)NCc2ccc(-n3cncn3)nc2)CC1. The van der Waals surface area contributed by atoms with Crippen LogP contribution in [-0.4, -0.2) is 68.8 Å². The van der Waals surface area contributed by atoms with E-state index in [-0.39, 0.29) is 6.03 Å². The molecular formula is C15H21N7O. The van der Waals surface area contributed by atoms with E-state index in [1.54, 1.807) is 17.2 Å². The highest BCUT2D eigenvalue weighted by molar-refractivity contribution is 5.74. The van der Waals surface area contributed by atoms with Gasteiger partial charge in [-0.15, -0.1) is 0 Å². The zero-order valence-electron chi connectivity index (χ0n) is 13.2. The third-order valence-electron chi connectivity index (χ3n) is 3.91. The van der Waals surface area contributed by atoms with Crippen LogP contribution in [0.4, 0.5) is 4.79 Å². The van der Waals surface area contributed by atoms with E-state index >= 15 is 0 Å². The van der Waals surface area contributed by atoms with Crippen molar-refractivity contribution in [2.24, 2.45) is 0 Å². The number of nitrogens with one attached hydrogen (secondary N) is 1. The average molecular weight is 315 g/mol. The Kier molecular flexibility index (Phi) is 4.82. The maximum absolute atomic E-state index is 12.2. The molecule has 0 atom stereocenters. The Balaban J connectivity index is 1.52. The fourth-order valence-corrected chi connectivity index (χ4v) is 2.52. The first-order chi connectivity index (χ1) is 11.2. The lowest BCUT2D eigenvalue weighted by molar-refractivity contribution is 0.199. The van der Waals surface area contributed by atoms with Crippen molar-refractivity contribution in [2.45, 2.75) is 13.0 Å². The van der Waals surface area contributed by atoms with Gasteiger partial charge in [-0.2, -0.15) is 5.10 Å². The van der Waals surface area contributed by atoms with Gasteiger partial charge in [0.05, 0.1) is 0 Å². The Hall–Kier alpha value is -2.48. The lowest BCUT2D eigenvalue weighted by Crippen LogP contribution is -2.41. The molecule has 0 unspecified atom stereocenters. The van der Waals surface area contributed by atoms with E-state index in [1.807, 2.05) is 17.0 Å². The van der Waals surface area contributed by atoms with Crippen LogP contribution in [0.3, 0.4) is 0 Å². The molecule has 8 heteroatoms. The smallest absolute Gasteiger partial charge is 0.317 e. The van der Waals surface area contributed by atoms with Crippen LogP contribution in [-0.2, 0) is 6.54 Å². The molecule has 1 N–H and O–H groups in total. The number of carbonyl (C=O) groups is 1. The van der Waals surface area contributed by atoms with Crippen LogP contribution in [0.5, 0.6) is 0 Å². The van der Waals surface area contributed by atoms with Crippen molar-refractivity contribution in [1.82, 2.24) is 34.9 Å². The number of likely N-dealkylation sites (N-methyl/N-ethyl adjacent to an activating group) is 1. The van der Waals surface area contributed by atoms with Crippen molar-refractivity contribution >= 4 is 6.03 Å². The van der Waals surface area contributed by atoms with Gasteiger partial charge in [0.1, 0.15) is 12.7 Å². The maximum Gasteiger partial charge on any atom is 0.317 e. The van der Waals surface area contributed by atoms with Crippen molar-refractivity contribution in [3.63, 3.8) is 0 Å². The molecule has 0 spiro atoms. The van der Waals surface area contributed by atoms with Crippen molar-refractivity contribution in [2.75, 3.05) is 33.2 Å². The molecule has 2 aromatic rings.